The number of carbonyl (C=O) groups is 1. The van der Waals surface area contributed by atoms with E-state index >= 15 is 0 Å². The molecule has 0 saturated heterocycles. The third-order valence-electron chi connectivity index (χ3n) is 4.53. The summed E-state index contributed by atoms with van der Waals surface area (Å²) in [5.41, 5.74) is 8.31. The number of ether oxygens (including phenoxy) is 1. The van der Waals surface area contributed by atoms with Gasteiger partial charge in [-0.3, -0.25) is 14.8 Å². The molecule has 0 saturated carbocycles. The average Bonchev–Trinajstić information content (AvgIpc) is 3.00. The van der Waals surface area contributed by atoms with E-state index in [4.69, 9.17) is 10.5 Å². The van der Waals surface area contributed by atoms with E-state index in [1.165, 1.54) is 0 Å². The van der Waals surface area contributed by atoms with Crippen LogP contribution in [0.4, 0.5) is 0 Å². The highest BCUT2D eigenvalue weighted by Crippen LogP contribution is 2.28. The number of nitrogens with two attached hydrogens (primary N) is 1. The molecule has 2 aliphatic rings. The van der Waals surface area contributed by atoms with E-state index in [1.54, 1.807) is 0 Å². The Labute approximate surface area is 165 Å². The zero-order chi connectivity index (χ0) is 19.8. The van der Waals surface area contributed by atoms with Crippen LogP contribution in [-0.2, 0) is 4.79 Å². The molecule has 1 atom stereocenters. The number of hydrogen-bond acceptors (Lipinski definition) is 4. The first-order valence-electron chi connectivity index (χ1n) is 9.51. The van der Waals surface area contributed by atoms with Gasteiger partial charge in [0, 0.05) is 36.5 Å². The number of hydrogen-bond donors (Lipinski definition) is 2. The number of aliphatic imine (C=N–C) groups is 2. The molecule has 1 aromatic carbocycles. The second-order valence-electron chi connectivity index (χ2n) is 6.77. The fourth-order valence-corrected chi connectivity index (χ4v) is 3.10. The van der Waals surface area contributed by atoms with Crippen LogP contribution in [-0.4, -0.2) is 37.7 Å². The molecule has 146 valence electrons. The Morgan fingerprint density at radius 1 is 1.46 bits per heavy atom. The van der Waals surface area contributed by atoms with Gasteiger partial charge in [-0.2, -0.15) is 0 Å². The molecule has 0 spiro atoms. The van der Waals surface area contributed by atoms with E-state index in [0.29, 0.717) is 18.2 Å². The van der Waals surface area contributed by atoms with Crippen LogP contribution in [0.5, 0.6) is 5.75 Å². The van der Waals surface area contributed by atoms with Crippen molar-refractivity contribution in [3.8, 4) is 5.75 Å². The predicted octanol–water partition coefficient (Wildman–Crippen LogP) is 2.88. The van der Waals surface area contributed by atoms with Crippen LogP contribution in [0.1, 0.15) is 24.8 Å². The zero-order valence-electron chi connectivity index (χ0n) is 15.9. The number of fused-ring (bicyclic) bond motifs is 2. The van der Waals surface area contributed by atoms with Gasteiger partial charge < -0.3 is 15.8 Å². The van der Waals surface area contributed by atoms with Crippen LogP contribution in [0.25, 0.3) is 5.57 Å². The van der Waals surface area contributed by atoms with Crippen molar-refractivity contribution in [1.29, 1.82) is 0 Å². The summed E-state index contributed by atoms with van der Waals surface area (Å²) in [4.78, 5) is 20.1. The number of amidine groups is 1. The Morgan fingerprint density at radius 2 is 2.36 bits per heavy atom. The zero-order valence-corrected chi connectivity index (χ0v) is 15.9. The van der Waals surface area contributed by atoms with Gasteiger partial charge in [0.25, 0.3) is 0 Å². The number of rotatable bonds is 8. The molecular weight excluding hydrogens is 352 g/mol. The fraction of sp³-hybridized carbons (Fsp3) is 0.318. The van der Waals surface area contributed by atoms with Gasteiger partial charge in [-0.05, 0) is 36.6 Å². The highest BCUT2D eigenvalue weighted by atomic mass is 16.5. The third kappa shape index (κ3) is 5.42. The van der Waals surface area contributed by atoms with Crippen molar-refractivity contribution in [1.82, 2.24) is 5.32 Å². The van der Waals surface area contributed by atoms with Crippen LogP contribution >= 0.6 is 0 Å². The minimum Gasteiger partial charge on any atom is -0.493 e. The Hall–Kier alpha value is -3.15. The predicted molar refractivity (Wildman–Crippen MR) is 114 cm³/mol. The lowest BCUT2D eigenvalue weighted by Gasteiger charge is -2.14. The summed E-state index contributed by atoms with van der Waals surface area (Å²) >= 11 is 0. The normalized spacial score (nSPS) is 19.7. The summed E-state index contributed by atoms with van der Waals surface area (Å²) in [7, 11) is 0. The second-order valence-corrected chi connectivity index (χ2v) is 6.77. The first-order valence-corrected chi connectivity index (χ1v) is 9.51. The Bertz CT molecular complexity index is 852. The van der Waals surface area contributed by atoms with Crippen LogP contribution < -0.4 is 15.8 Å². The molecule has 6 nitrogen and oxygen atoms in total. The molecule has 1 aromatic rings. The van der Waals surface area contributed by atoms with Gasteiger partial charge in [0.1, 0.15) is 11.6 Å². The fourth-order valence-electron chi connectivity index (χ4n) is 3.10. The maximum Gasteiger partial charge on any atom is 0.220 e. The van der Waals surface area contributed by atoms with Crippen molar-refractivity contribution in [2.45, 2.75) is 19.3 Å². The van der Waals surface area contributed by atoms with Crippen LogP contribution in [0.15, 0.2) is 64.8 Å². The van der Waals surface area contributed by atoms with Gasteiger partial charge in [-0.1, -0.05) is 24.3 Å². The van der Waals surface area contributed by atoms with Gasteiger partial charge in [-0.25, -0.2) is 0 Å². The summed E-state index contributed by atoms with van der Waals surface area (Å²) in [6.07, 6.45) is 9.93. The summed E-state index contributed by atoms with van der Waals surface area (Å²) in [6.45, 7) is 5.47. The van der Waals surface area contributed by atoms with Gasteiger partial charge in [0.05, 0.1) is 13.0 Å². The number of primary amides is 1. The molecule has 1 amide bonds. The van der Waals surface area contributed by atoms with E-state index in [-0.39, 0.29) is 18.9 Å². The number of nitrogens with one attached hydrogen (secondary N) is 1. The van der Waals surface area contributed by atoms with Crippen LogP contribution in [0.3, 0.4) is 0 Å². The molecule has 2 aliphatic heterocycles. The van der Waals surface area contributed by atoms with E-state index in [9.17, 15) is 4.79 Å². The molecule has 0 aromatic heterocycles. The van der Waals surface area contributed by atoms with E-state index in [0.717, 1.165) is 42.1 Å². The molecule has 0 fully saturated rings. The maximum absolute atomic E-state index is 10.9. The smallest absolute Gasteiger partial charge is 0.220 e. The standard InChI is InChI=1S/C22H26N4O2/c1-2-3-10-25-22-8-7-16-12-20(26-22)19(15-24-14-16)17-5-4-6-18(13-17)28-11-9-21(23)27/h2,4-8,13,15-16H,1,3,9-12,14H2,(H2,23,27)(H,25,26). The molecule has 3 rings (SSSR count). The Morgan fingerprint density at radius 3 is 3.18 bits per heavy atom. The van der Waals surface area contributed by atoms with Crippen molar-refractivity contribution in [3.63, 3.8) is 0 Å². The quantitative estimate of drug-likeness (QED) is 0.538. The topological polar surface area (TPSA) is 89.1 Å². The first-order chi connectivity index (χ1) is 13.7. The lowest BCUT2D eigenvalue weighted by atomic mass is 9.99. The van der Waals surface area contributed by atoms with E-state index in [2.05, 4.69) is 28.0 Å². The SMILES string of the molecule is C=CCCN=C1C=CC2CN=CC(c3cccc(OCCC(N)=O)c3)=C(C2)N1. The van der Waals surface area contributed by atoms with Gasteiger partial charge in [0.2, 0.25) is 5.91 Å². The summed E-state index contributed by atoms with van der Waals surface area (Å²) in [6, 6.07) is 7.80. The number of allylic oxidation sites excluding steroid dienone is 2. The van der Waals surface area contributed by atoms with Crippen molar-refractivity contribution in [3.05, 3.63) is 60.3 Å². The van der Waals surface area contributed by atoms with Crippen molar-refractivity contribution < 1.29 is 9.53 Å². The molecule has 0 aliphatic carbocycles. The molecule has 6 heteroatoms. The summed E-state index contributed by atoms with van der Waals surface area (Å²) in [5.74, 6) is 1.54. The van der Waals surface area contributed by atoms with E-state index < -0.39 is 0 Å². The largest absolute Gasteiger partial charge is 0.493 e. The third-order valence-corrected chi connectivity index (χ3v) is 4.53. The summed E-state index contributed by atoms with van der Waals surface area (Å²) < 4.78 is 5.66. The summed E-state index contributed by atoms with van der Waals surface area (Å²) in [5, 5.41) is 3.49. The molecular formula is C22H26N4O2. The van der Waals surface area contributed by atoms with Crippen LogP contribution in [0.2, 0.25) is 0 Å². The van der Waals surface area contributed by atoms with Crippen LogP contribution in [0, 0.1) is 5.92 Å². The molecule has 2 heterocycles. The number of carbonyl (C=O) groups excluding carboxylic acids is 1. The monoisotopic (exact) mass is 378 g/mol. The van der Waals surface area contributed by atoms with Gasteiger partial charge in [-0.15, -0.1) is 6.58 Å². The second kappa shape index (κ2) is 9.69. The molecule has 0 radical (unpaired) electrons. The lowest BCUT2D eigenvalue weighted by molar-refractivity contribution is -0.118. The Kier molecular flexibility index (Phi) is 6.78. The molecule has 1 unspecified atom stereocenters. The highest BCUT2D eigenvalue weighted by Gasteiger charge is 2.20. The molecule has 28 heavy (non-hydrogen) atoms. The minimum absolute atomic E-state index is 0.194. The van der Waals surface area contributed by atoms with Crippen molar-refractivity contribution in [2.75, 3.05) is 19.7 Å². The van der Waals surface area contributed by atoms with Gasteiger partial charge >= 0.3 is 0 Å². The number of benzene rings is 1. The highest BCUT2D eigenvalue weighted by molar-refractivity contribution is 6.12. The number of nitrogens with zero attached hydrogens (tertiary/aromatic N) is 2. The van der Waals surface area contributed by atoms with Crippen molar-refractivity contribution >= 4 is 23.5 Å². The molecule has 2 bridgehead atoms. The Balaban J connectivity index is 1.85. The minimum atomic E-state index is -0.374. The maximum atomic E-state index is 10.9. The average molecular weight is 378 g/mol. The van der Waals surface area contributed by atoms with Crippen molar-refractivity contribution in [2.24, 2.45) is 21.6 Å². The number of amides is 1. The lowest BCUT2D eigenvalue weighted by Crippen LogP contribution is -2.22. The van der Waals surface area contributed by atoms with Gasteiger partial charge in [0.15, 0.2) is 0 Å². The van der Waals surface area contributed by atoms with E-state index in [1.807, 2.05) is 42.6 Å². The first kappa shape index (κ1) is 19.6. The molecule has 3 N–H and O–H groups in total.